The lowest BCUT2D eigenvalue weighted by Crippen LogP contribution is -2.12. The Bertz CT molecular complexity index is 679. The van der Waals surface area contributed by atoms with Crippen molar-refractivity contribution in [2.75, 3.05) is 0 Å². The fourth-order valence-electron chi connectivity index (χ4n) is 1.69. The summed E-state index contributed by atoms with van der Waals surface area (Å²) in [5, 5.41) is 0. The van der Waals surface area contributed by atoms with E-state index in [-0.39, 0.29) is 11.6 Å². The molecule has 1 aromatic heterocycles. The molecule has 112 valence electrons. The van der Waals surface area contributed by atoms with E-state index in [4.69, 9.17) is 0 Å². The van der Waals surface area contributed by atoms with E-state index < -0.39 is 34.7 Å². The van der Waals surface area contributed by atoms with E-state index in [1.165, 1.54) is 6.07 Å². The van der Waals surface area contributed by atoms with Crippen LogP contribution in [0.15, 0.2) is 45.8 Å². The smallest absolute Gasteiger partial charge is 0.416 e. The largest absolute Gasteiger partial charge is 0.431 e. The number of halogens is 6. The van der Waals surface area contributed by atoms with Gasteiger partial charge in [-0.1, -0.05) is 0 Å². The molecule has 2 aromatic rings. The van der Waals surface area contributed by atoms with Crippen molar-refractivity contribution in [3.05, 3.63) is 58.1 Å². The lowest BCUT2D eigenvalue weighted by atomic mass is 10.0. The van der Waals surface area contributed by atoms with E-state index in [1.807, 2.05) is 0 Å². The molecule has 0 fully saturated rings. The van der Waals surface area contributed by atoms with Crippen LogP contribution in [0.2, 0.25) is 0 Å². The summed E-state index contributed by atoms with van der Waals surface area (Å²) in [4.78, 5) is 11.4. The first-order valence-corrected chi connectivity index (χ1v) is 5.47. The Morgan fingerprint density at radius 1 is 0.857 bits per heavy atom. The van der Waals surface area contributed by atoms with Crippen LogP contribution in [0.4, 0.5) is 26.3 Å². The van der Waals surface area contributed by atoms with E-state index in [0.29, 0.717) is 12.1 Å². The zero-order valence-corrected chi connectivity index (χ0v) is 10.0. The van der Waals surface area contributed by atoms with Crippen molar-refractivity contribution in [1.82, 2.24) is 0 Å². The van der Waals surface area contributed by atoms with Gasteiger partial charge in [0.05, 0.1) is 23.0 Å². The monoisotopic (exact) mass is 308 g/mol. The Morgan fingerprint density at radius 3 is 1.81 bits per heavy atom. The first-order chi connectivity index (χ1) is 9.59. The molecule has 0 atom stereocenters. The first-order valence-electron chi connectivity index (χ1n) is 5.47. The van der Waals surface area contributed by atoms with Gasteiger partial charge in [-0.2, -0.15) is 26.3 Å². The molecule has 1 aromatic carbocycles. The second-order valence-electron chi connectivity index (χ2n) is 4.11. The minimum absolute atomic E-state index is 0.00589. The van der Waals surface area contributed by atoms with Gasteiger partial charge in [0.25, 0.3) is 0 Å². The fourth-order valence-corrected chi connectivity index (χ4v) is 1.69. The molecule has 0 unspecified atom stereocenters. The molecule has 1 heterocycles. The summed E-state index contributed by atoms with van der Waals surface area (Å²) in [5.41, 5.74) is -4.89. The van der Waals surface area contributed by atoms with Crippen LogP contribution in [0.5, 0.6) is 0 Å². The SMILES string of the molecule is O=c1occcc1-c1cc(C(F)(F)F)cc(C(F)(F)F)c1. The topological polar surface area (TPSA) is 30.2 Å². The van der Waals surface area contributed by atoms with Crippen LogP contribution in [0.1, 0.15) is 11.1 Å². The average Bonchev–Trinajstić information content (AvgIpc) is 2.36. The quantitative estimate of drug-likeness (QED) is 0.733. The standard InChI is InChI=1S/C13H6F6O2/c14-12(15,16)8-4-7(5-9(6-8)13(17,18)19)10-2-1-3-21-11(10)20/h1-6H. The molecule has 0 saturated heterocycles. The van der Waals surface area contributed by atoms with Gasteiger partial charge in [0.1, 0.15) is 0 Å². The van der Waals surface area contributed by atoms with E-state index in [0.717, 1.165) is 12.3 Å². The third-order valence-corrected chi connectivity index (χ3v) is 2.64. The van der Waals surface area contributed by atoms with Crippen LogP contribution >= 0.6 is 0 Å². The summed E-state index contributed by atoms with van der Waals surface area (Å²) in [7, 11) is 0. The van der Waals surface area contributed by atoms with E-state index in [2.05, 4.69) is 4.42 Å². The molecule has 0 saturated carbocycles. The van der Waals surface area contributed by atoms with Gasteiger partial charge in [0.15, 0.2) is 0 Å². The molecule has 21 heavy (non-hydrogen) atoms. The van der Waals surface area contributed by atoms with Gasteiger partial charge in [0, 0.05) is 0 Å². The molecule has 0 aliphatic heterocycles. The Kier molecular flexibility index (Phi) is 3.56. The Morgan fingerprint density at radius 2 is 1.38 bits per heavy atom. The summed E-state index contributed by atoms with van der Waals surface area (Å²) in [6, 6.07) is 3.22. The minimum Gasteiger partial charge on any atom is -0.431 e. The summed E-state index contributed by atoms with van der Waals surface area (Å²) in [6.07, 6.45) is -8.96. The van der Waals surface area contributed by atoms with E-state index in [1.54, 1.807) is 0 Å². The van der Waals surface area contributed by atoms with Crippen molar-refractivity contribution in [3.63, 3.8) is 0 Å². The number of benzene rings is 1. The maximum Gasteiger partial charge on any atom is 0.416 e. The molecule has 0 aliphatic rings. The predicted octanol–water partition coefficient (Wildman–Crippen LogP) is 4.34. The highest BCUT2D eigenvalue weighted by Gasteiger charge is 2.37. The highest BCUT2D eigenvalue weighted by Crippen LogP contribution is 2.38. The van der Waals surface area contributed by atoms with Crippen LogP contribution in [-0.2, 0) is 12.4 Å². The van der Waals surface area contributed by atoms with E-state index >= 15 is 0 Å². The minimum atomic E-state index is -4.97. The molecule has 2 rings (SSSR count). The van der Waals surface area contributed by atoms with Gasteiger partial charge in [-0.25, -0.2) is 4.79 Å². The van der Waals surface area contributed by atoms with Crippen molar-refractivity contribution in [3.8, 4) is 11.1 Å². The van der Waals surface area contributed by atoms with Gasteiger partial charge < -0.3 is 4.42 Å². The van der Waals surface area contributed by atoms with Crippen molar-refractivity contribution in [2.24, 2.45) is 0 Å². The molecule has 0 bridgehead atoms. The van der Waals surface area contributed by atoms with Gasteiger partial charge in [-0.05, 0) is 35.9 Å². The molecule has 0 aliphatic carbocycles. The lowest BCUT2D eigenvalue weighted by molar-refractivity contribution is -0.143. The Hall–Kier alpha value is -2.25. The van der Waals surface area contributed by atoms with Gasteiger partial charge in [-0.15, -0.1) is 0 Å². The molecule has 0 N–H and O–H groups in total. The van der Waals surface area contributed by atoms with Crippen molar-refractivity contribution >= 4 is 0 Å². The summed E-state index contributed by atoms with van der Waals surface area (Å²) >= 11 is 0. The Labute approximate surface area is 113 Å². The first kappa shape index (κ1) is 15.1. The van der Waals surface area contributed by atoms with Crippen LogP contribution in [0.25, 0.3) is 11.1 Å². The number of rotatable bonds is 1. The molecular weight excluding hydrogens is 302 g/mol. The second kappa shape index (κ2) is 4.94. The van der Waals surface area contributed by atoms with Gasteiger partial charge >= 0.3 is 18.0 Å². The maximum atomic E-state index is 12.7. The third-order valence-electron chi connectivity index (χ3n) is 2.64. The van der Waals surface area contributed by atoms with Crippen LogP contribution in [-0.4, -0.2) is 0 Å². The summed E-state index contributed by atoms with van der Waals surface area (Å²) in [5.74, 6) is 0. The third kappa shape index (κ3) is 3.26. The normalized spacial score (nSPS) is 12.5. The number of hydrogen-bond acceptors (Lipinski definition) is 2. The lowest BCUT2D eigenvalue weighted by Gasteiger charge is -2.13. The molecule has 2 nitrogen and oxygen atoms in total. The highest BCUT2D eigenvalue weighted by atomic mass is 19.4. The maximum absolute atomic E-state index is 12.7. The van der Waals surface area contributed by atoms with Crippen LogP contribution in [0.3, 0.4) is 0 Å². The zero-order valence-electron chi connectivity index (χ0n) is 10.0. The van der Waals surface area contributed by atoms with Gasteiger partial charge in [-0.3, -0.25) is 0 Å². The molecular formula is C13H6F6O2. The fraction of sp³-hybridized carbons (Fsp3) is 0.154. The number of hydrogen-bond donors (Lipinski definition) is 0. The summed E-state index contributed by atoms with van der Waals surface area (Å²) < 4.78 is 80.5. The zero-order chi connectivity index (χ0) is 15.8. The second-order valence-corrected chi connectivity index (χ2v) is 4.11. The predicted molar refractivity (Wildman–Crippen MR) is 60.4 cm³/mol. The van der Waals surface area contributed by atoms with Crippen molar-refractivity contribution < 1.29 is 30.8 Å². The van der Waals surface area contributed by atoms with Crippen molar-refractivity contribution in [1.29, 1.82) is 0 Å². The number of alkyl halides is 6. The Balaban J connectivity index is 2.73. The van der Waals surface area contributed by atoms with Gasteiger partial charge in [0.2, 0.25) is 0 Å². The van der Waals surface area contributed by atoms with E-state index in [9.17, 15) is 31.1 Å². The highest BCUT2D eigenvalue weighted by molar-refractivity contribution is 5.64. The molecule has 0 radical (unpaired) electrons. The summed E-state index contributed by atoms with van der Waals surface area (Å²) in [6.45, 7) is 0. The van der Waals surface area contributed by atoms with Crippen LogP contribution < -0.4 is 5.63 Å². The van der Waals surface area contributed by atoms with Crippen LogP contribution in [0, 0.1) is 0 Å². The molecule has 0 spiro atoms. The average molecular weight is 308 g/mol. The molecule has 8 heteroatoms. The van der Waals surface area contributed by atoms with Crippen molar-refractivity contribution in [2.45, 2.75) is 12.4 Å². The molecule has 0 amide bonds.